The molecule has 2 rings (SSSR count). The Kier molecular flexibility index (Phi) is 2.86. The molecule has 4 atom stereocenters. The average Bonchev–Trinajstić information content (AvgIpc) is 2.51. The van der Waals surface area contributed by atoms with E-state index < -0.39 is 41.6 Å². The fourth-order valence-corrected chi connectivity index (χ4v) is 1.71. The SMILES string of the molecule is C[C@@H]1O[C@H](n2cc(F)c(=O)[nH]c2=O)[C@H](O)[C@@H]1O. The molecular formula is C9H11FN2O5. The van der Waals surface area contributed by atoms with E-state index in [1.165, 1.54) is 6.92 Å². The molecule has 0 aromatic carbocycles. The molecule has 0 aliphatic carbocycles. The topological polar surface area (TPSA) is 105 Å². The average molecular weight is 246 g/mol. The molecule has 0 unspecified atom stereocenters. The second kappa shape index (κ2) is 4.06. The van der Waals surface area contributed by atoms with Crippen LogP contribution in [-0.4, -0.2) is 38.1 Å². The van der Waals surface area contributed by atoms with E-state index in [4.69, 9.17) is 4.74 Å². The molecule has 7 nitrogen and oxygen atoms in total. The molecule has 94 valence electrons. The van der Waals surface area contributed by atoms with Crippen LogP contribution in [0, 0.1) is 5.82 Å². The van der Waals surface area contributed by atoms with Gasteiger partial charge >= 0.3 is 5.69 Å². The molecule has 3 N–H and O–H groups in total. The molecule has 1 aliphatic heterocycles. The van der Waals surface area contributed by atoms with Crippen molar-refractivity contribution < 1.29 is 19.3 Å². The number of nitrogens with one attached hydrogen (secondary N) is 1. The molecule has 1 aromatic heterocycles. The highest BCUT2D eigenvalue weighted by Gasteiger charge is 2.41. The van der Waals surface area contributed by atoms with E-state index in [1.807, 2.05) is 0 Å². The van der Waals surface area contributed by atoms with Gasteiger partial charge in [-0.15, -0.1) is 0 Å². The number of H-pyrrole nitrogens is 1. The third-order valence-corrected chi connectivity index (χ3v) is 2.68. The molecule has 0 radical (unpaired) electrons. The number of hydrogen-bond acceptors (Lipinski definition) is 5. The van der Waals surface area contributed by atoms with Gasteiger partial charge in [-0.05, 0) is 6.92 Å². The molecule has 0 saturated carbocycles. The predicted molar refractivity (Wildman–Crippen MR) is 52.9 cm³/mol. The van der Waals surface area contributed by atoms with Gasteiger partial charge in [-0.3, -0.25) is 14.3 Å². The number of aliphatic hydroxyl groups is 2. The number of halogens is 1. The zero-order valence-electron chi connectivity index (χ0n) is 8.83. The summed E-state index contributed by atoms with van der Waals surface area (Å²) >= 11 is 0. The summed E-state index contributed by atoms with van der Waals surface area (Å²) in [5.74, 6) is -1.17. The lowest BCUT2D eigenvalue weighted by Gasteiger charge is -2.16. The summed E-state index contributed by atoms with van der Waals surface area (Å²) in [6, 6.07) is 0. The van der Waals surface area contributed by atoms with Gasteiger partial charge in [0.05, 0.1) is 12.3 Å². The normalized spacial score (nSPS) is 32.9. The van der Waals surface area contributed by atoms with E-state index in [0.717, 1.165) is 0 Å². The van der Waals surface area contributed by atoms with Crippen molar-refractivity contribution in [2.24, 2.45) is 0 Å². The smallest absolute Gasteiger partial charge is 0.330 e. The first-order valence-corrected chi connectivity index (χ1v) is 4.94. The van der Waals surface area contributed by atoms with Crippen LogP contribution in [0.4, 0.5) is 4.39 Å². The Balaban J connectivity index is 2.46. The fourth-order valence-electron chi connectivity index (χ4n) is 1.71. The van der Waals surface area contributed by atoms with Crippen LogP contribution >= 0.6 is 0 Å². The van der Waals surface area contributed by atoms with E-state index in [9.17, 15) is 24.2 Å². The van der Waals surface area contributed by atoms with E-state index >= 15 is 0 Å². The van der Waals surface area contributed by atoms with Gasteiger partial charge in [0.1, 0.15) is 12.2 Å². The minimum Gasteiger partial charge on any atom is -0.388 e. The molecule has 2 heterocycles. The Morgan fingerprint density at radius 2 is 2.06 bits per heavy atom. The van der Waals surface area contributed by atoms with E-state index in [2.05, 4.69) is 0 Å². The van der Waals surface area contributed by atoms with Crippen LogP contribution < -0.4 is 11.2 Å². The Morgan fingerprint density at radius 1 is 1.41 bits per heavy atom. The summed E-state index contributed by atoms with van der Waals surface area (Å²) in [7, 11) is 0. The number of aromatic amines is 1. The molecule has 1 saturated heterocycles. The quantitative estimate of drug-likeness (QED) is 0.548. The summed E-state index contributed by atoms with van der Waals surface area (Å²) in [6.45, 7) is 1.50. The summed E-state index contributed by atoms with van der Waals surface area (Å²) in [5.41, 5.74) is -2.06. The van der Waals surface area contributed by atoms with Gasteiger partial charge in [0.15, 0.2) is 6.23 Å². The third-order valence-electron chi connectivity index (χ3n) is 2.68. The minimum atomic E-state index is -1.37. The van der Waals surface area contributed by atoms with Crippen molar-refractivity contribution in [1.29, 1.82) is 0 Å². The monoisotopic (exact) mass is 246 g/mol. The van der Waals surface area contributed by atoms with Crippen molar-refractivity contribution >= 4 is 0 Å². The van der Waals surface area contributed by atoms with E-state index in [0.29, 0.717) is 10.8 Å². The van der Waals surface area contributed by atoms with Crippen molar-refractivity contribution in [3.05, 3.63) is 32.9 Å². The van der Waals surface area contributed by atoms with Crippen molar-refractivity contribution in [3.8, 4) is 0 Å². The van der Waals surface area contributed by atoms with Crippen molar-refractivity contribution in [1.82, 2.24) is 9.55 Å². The lowest BCUT2D eigenvalue weighted by molar-refractivity contribution is -0.0356. The van der Waals surface area contributed by atoms with Gasteiger partial charge in [0.2, 0.25) is 5.82 Å². The first-order chi connectivity index (χ1) is 7.91. The van der Waals surface area contributed by atoms with Gasteiger partial charge < -0.3 is 14.9 Å². The highest BCUT2D eigenvalue weighted by atomic mass is 19.1. The molecule has 1 aromatic rings. The molecule has 0 spiro atoms. The number of ether oxygens (including phenoxy) is 1. The highest BCUT2D eigenvalue weighted by molar-refractivity contribution is 4.93. The summed E-state index contributed by atoms with van der Waals surface area (Å²) < 4.78 is 18.9. The maximum Gasteiger partial charge on any atom is 0.330 e. The lowest BCUT2D eigenvalue weighted by Crippen LogP contribution is -2.38. The second-order valence-corrected chi connectivity index (χ2v) is 3.86. The number of nitrogens with zero attached hydrogens (tertiary/aromatic N) is 1. The molecule has 1 aliphatic rings. The zero-order chi connectivity index (χ0) is 12.7. The molecule has 0 amide bonds. The molecular weight excluding hydrogens is 235 g/mol. The Morgan fingerprint density at radius 3 is 2.59 bits per heavy atom. The van der Waals surface area contributed by atoms with Crippen molar-refractivity contribution in [2.75, 3.05) is 0 Å². The van der Waals surface area contributed by atoms with Gasteiger partial charge in [0, 0.05) is 0 Å². The van der Waals surface area contributed by atoms with Crippen LogP contribution in [0.1, 0.15) is 13.2 Å². The van der Waals surface area contributed by atoms with Crippen LogP contribution in [0.2, 0.25) is 0 Å². The maximum atomic E-state index is 13.0. The number of hydrogen-bond donors (Lipinski definition) is 3. The summed E-state index contributed by atoms with van der Waals surface area (Å²) in [4.78, 5) is 24.0. The van der Waals surface area contributed by atoms with E-state index in [1.54, 1.807) is 4.98 Å². The van der Waals surface area contributed by atoms with Crippen molar-refractivity contribution in [3.63, 3.8) is 0 Å². The van der Waals surface area contributed by atoms with Crippen LogP contribution in [0.5, 0.6) is 0 Å². The van der Waals surface area contributed by atoms with Crippen LogP contribution in [0.25, 0.3) is 0 Å². The molecule has 17 heavy (non-hydrogen) atoms. The highest BCUT2D eigenvalue weighted by Crippen LogP contribution is 2.27. The third kappa shape index (κ3) is 1.90. The second-order valence-electron chi connectivity index (χ2n) is 3.86. The maximum absolute atomic E-state index is 13.0. The zero-order valence-corrected chi connectivity index (χ0v) is 8.83. The number of aromatic nitrogens is 2. The molecule has 8 heteroatoms. The van der Waals surface area contributed by atoms with Gasteiger partial charge in [-0.1, -0.05) is 0 Å². The van der Waals surface area contributed by atoms with Gasteiger partial charge in [-0.2, -0.15) is 4.39 Å². The van der Waals surface area contributed by atoms with Gasteiger partial charge in [-0.25, -0.2) is 4.79 Å². The molecule has 1 fully saturated rings. The summed E-state index contributed by atoms with van der Waals surface area (Å²) in [5, 5.41) is 19.1. The van der Waals surface area contributed by atoms with Crippen LogP contribution in [0.3, 0.4) is 0 Å². The first-order valence-electron chi connectivity index (χ1n) is 4.94. The Labute approximate surface area is 94.1 Å². The van der Waals surface area contributed by atoms with Crippen LogP contribution in [-0.2, 0) is 4.74 Å². The predicted octanol–water partition coefficient (Wildman–Crippen LogP) is -1.69. The fraction of sp³-hybridized carbons (Fsp3) is 0.556. The van der Waals surface area contributed by atoms with E-state index in [-0.39, 0.29) is 0 Å². The minimum absolute atomic E-state index is 0.639. The Hall–Kier alpha value is -1.51. The van der Waals surface area contributed by atoms with Crippen LogP contribution in [0.15, 0.2) is 15.8 Å². The molecule has 0 bridgehead atoms. The lowest BCUT2D eigenvalue weighted by atomic mass is 10.1. The number of aliphatic hydroxyl groups excluding tert-OH is 2. The summed E-state index contributed by atoms with van der Waals surface area (Å²) in [6.07, 6.45) is -3.83. The first kappa shape index (κ1) is 12.0. The van der Waals surface area contributed by atoms with Crippen molar-refractivity contribution in [2.45, 2.75) is 31.5 Å². The van der Waals surface area contributed by atoms with Gasteiger partial charge in [0.25, 0.3) is 5.56 Å². The Bertz CT molecular complexity index is 539. The largest absolute Gasteiger partial charge is 0.388 e. The standard InChI is InChI=1S/C9H11FN2O5/c1-3-5(13)6(14)8(17-3)12-2-4(10)7(15)11-9(12)16/h2-3,5-6,8,13-14H,1H3,(H,11,15,16)/t3-,5+,6+,8-/m0/s1. The number of rotatable bonds is 1.